The molecule has 3 aromatic rings. The maximum atomic E-state index is 6.01. The van der Waals surface area contributed by atoms with E-state index in [1.807, 2.05) is 32.0 Å². The second kappa shape index (κ2) is 5.21. The first-order valence-electron chi connectivity index (χ1n) is 6.31. The van der Waals surface area contributed by atoms with Crippen molar-refractivity contribution in [3.8, 4) is 11.3 Å². The first-order chi connectivity index (χ1) is 9.49. The van der Waals surface area contributed by atoms with Gasteiger partial charge in [0.1, 0.15) is 0 Å². The Morgan fingerprint density at radius 2 is 1.67 bits per heavy atom. The van der Waals surface area contributed by atoms with Crippen LogP contribution in [0.3, 0.4) is 0 Å². The van der Waals surface area contributed by atoms with E-state index in [1.165, 1.54) is 0 Å². The minimum absolute atomic E-state index is 0. The Balaban J connectivity index is 0.00000161. The lowest BCUT2D eigenvalue weighted by molar-refractivity contribution is 0.791. The second-order valence-corrected chi connectivity index (χ2v) is 4.90. The summed E-state index contributed by atoms with van der Waals surface area (Å²) in [7, 11) is 1.79. The van der Waals surface area contributed by atoms with E-state index in [1.54, 1.807) is 11.7 Å². The third-order valence-corrected chi connectivity index (χ3v) is 3.45. The van der Waals surface area contributed by atoms with Crippen LogP contribution < -0.4 is 11.5 Å². The number of hydrogen-bond donors (Lipinski definition) is 2. The average molecular weight is 305 g/mol. The van der Waals surface area contributed by atoms with Gasteiger partial charge in [0.05, 0.1) is 11.1 Å². The van der Waals surface area contributed by atoms with Gasteiger partial charge in [-0.15, -0.1) is 12.4 Å². The topological polar surface area (TPSA) is 95.6 Å². The number of hydrogen-bond acceptors (Lipinski definition) is 5. The van der Waals surface area contributed by atoms with E-state index in [2.05, 4.69) is 15.1 Å². The highest BCUT2D eigenvalue weighted by Gasteiger charge is 2.18. The van der Waals surface area contributed by atoms with Crippen molar-refractivity contribution in [1.82, 2.24) is 19.7 Å². The minimum Gasteiger partial charge on any atom is -0.382 e. The van der Waals surface area contributed by atoms with E-state index < -0.39 is 0 Å². The Bertz CT molecular complexity index is 804. The predicted octanol–water partition coefficient (Wildman–Crippen LogP) is 2.23. The number of aryl methyl sites for hydroxylation is 3. The van der Waals surface area contributed by atoms with E-state index in [0.717, 1.165) is 27.8 Å². The molecule has 0 aliphatic carbocycles. The molecular weight excluding hydrogens is 288 g/mol. The third kappa shape index (κ3) is 2.27. The number of rotatable bonds is 1. The van der Waals surface area contributed by atoms with Gasteiger partial charge in [-0.05, 0) is 25.0 Å². The lowest BCUT2D eigenvalue weighted by atomic mass is 9.98. The van der Waals surface area contributed by atoms with Crippen molar-refractivity contribution in [3.63, 3.8) is 0 Å². The highest BCUT2D eigenvalue weighted by molar-refractivity contribution is 6.00. The number of aromatic nitrogens is 4. The molecule has 1 aromatic carbocycles. The molecule has 0 aliphatic rings. The summed E-state index contributed by atoms with van der Waals surface area (Å²) >= 11 is 0. The van der Waals surface area contributed by atoms with Crippen LogP contribution in [0.15, 0.2) is 18.2 Å². The fourth-order valence-electron chi connectivity index (χ4n) is 2.56. The van der Waals surface area contributed by atoms with Gasteiger partial charge in [-0.3, -0.25) is 0 Å². The number of nitrogens with two attached hydrogens (primary N) is 2. The zero-order chi connectivity index (χ0) is 14.4. The van der Waals surface area contributed by atoms with E-state index >= 15 is 0 Å². The van der Waals surface area contributed by atoms with Crippen LogP contribution in [-0.4, -0.2) is 19.7 Å². The van der Waals surface area contributed by atoms with Gasteiger partial charge in [0, 0.05) is 12.6 Å². The maximum absolute atomic E-state index is 6.01. The molecule has 0 bridgehead atoms. The fourth-order valence-corrected chi connectivity index (χ4v) is 2.56. The van der Waals surface area contributed by atoms with Crippen LogP contribution in [0.1, 0.15) is 11.1 Å². The van der Waals surface area contributed by atoms with Gasteiger partial charge in [0.2, 0.25) is 5.95 Å². The van der Waals surface area contributed by atoms with Gasteiger partial charge < -0.3 is 11.5 Å². The summed E-state index contributed by atoms with van der Waals surface area (Å²) in [5.41, 5.74) is 16.5. The number of nitrogen functional groups attached to an aromatic ring is 2. The summed E-state index contributed by atoms with van der Waals surface area (Å²) in [5.74, 6) is 0.637. The molecule has 2 heterocycles. The van der Waals surface area contributed by atoms with Crippen molar-refractivity contribution < 1.29 is 0 Å². The molecule has 0 saturated carbocycles. The standard InChI is InChI=1S/C14H16N6.ClH/c1-7-5-4-6-8(2)9(7)11-10-12(15)19-20(3)13(10)18-14(16)17-11;/h4-6H,1-3H3,(H2,15,19)(H2,16,17,18);1H. The average Bonchev–Trinajstić information content (AvgIpc) is 2.64. The van der Waals surface area contributed by atoms with Crippen molar-refractivity contribution in [1.29, 1.82) is 0 Å². The molecule has 0 amide bonds. The lowest BCUT2D eigenvalue weighted by Gasteiger charge is -2.10. The van der Waals surface area contributed by atoms with Gasteiger partial charge in [0.15, 0.2) is 11.5 Å². The van der Waals surface area contributed by atoms with Crippen molar-refractivity contribution in [2.45, 2.75) is 13.8 Å². The minimum atomic E-state index is 0. The molecule has 3 rings (SSSR count). The monoisotopic (exact) mass is 304 g/mol. The Morgan fingerprint density at radius 1 is 1.05 bits per heavy atom. The number of benzene rings is 1. The summed E-state index contributed by atoms with van der Waals surface area (Å²) < 4.78 is 1.62. The molecule has 110 valence electrons. The molecule has 2 aromatic heterocycles. The van der Waals surface area contributed by atoms with Crippen LogP contribution in [0.4, 0.5) is 11.8 Å². The normalized spacial score (nSPS) is 10.6. The maximum Gasteiger partial charge on any atom is 0.222 e. The number of halogens is 1. The van der Waals surface area contributed by atoms with Gasteiger partial charge in [-0.25, -0.2) is 9.67 Å². The molecule has 0 spiro atoms. The van der Waals surface area contributed by atoms with E-state index in [9.17, 15) is 0 Å². The molecule has 0 radical (unpaired) electrons. The molecule has 7 heteroatoms. The van der Waals surface area contributed by atoms with Crippen LogP contribution in [0, 0.1) is 13.8 Å². The summed E-state index contributed by atoms with van der Waals surface area (Å²) in [5, 5.41) is 4.96. The first-order valence-corrected chi connectivity index (χ1v) is 6.31. The predicted molar refractivity (Wildman–Crippen MR) is 87.3 cm³/mol. The fraction of sp³-hybridized carbons (Fsp3) is 0.214. The summed E-state index contributed by atoms with van der Waals surface area (Å²) in [6.07, 6.45) is 0. The van der Waals surface area contributed by atoms with Crippen LogP contribution in [0.2, 0.25) is 0 Å². The molecule has 0 saturated heterocycles. The number of fused-ring (bicyclic) bond motifs is 1. The molecule has 21 heavy (non-hydrogen) atoms. The van der Waals surface area contributed by atoms with Crippen molar-refractivity contribution in [2.24, 2.45) is 7.05 Å². The largest absolute Gasteiger partial charge is 0.382 e. The van der Waals surface area contributed by atoms with Gasteiger partial charge in [-0.1, -0.05) is 18.2 Å². The Hall–Kier alpha value is -2.34. The first kappa shape index (κ1) is 15.1. The lowest BCUT2D eigenvalue weighted by Crippen LogP contribution is -2.01. The van der Waals surface area contributed by atoms with Crippen molar-refractivity contribution in [2.75, 3.05) is 11.5 Å². The van der Waals surface area contributed by atoms with Crippen LogP contribution in [-0.2, 0) is 7.05 Å². The van der Waals surface area contributed by atoms with E-state index in [4.69, 9.17) is 11.5 Å². The van der Waals surface area contributed by atoms with Crippen LogP contribution in [0.25, 0.3) is 22.3 Å². The summed E-state index contributed by atoms with van der Waals surface area (Å²) in [4.78, 5) is 8.63. The van der Waals surface area contributed by atoms with Crippen molar-refractivity contribution >= 4 is 35.2 Å². The summed E-state index contributed by atoms with van der Waals surface area (Å²) in [6, 6.07) is 6.10. The molecule has 6 nitrogen and oxygen atoms in total. The quantitative estimate of drug-likeness (QED) is 0.718. The molecule has 0 aliphatic heterocycles. The molecule has 0 unspecified atom stereocenters. The van der Waals surface area contributed by atoms with E-state index in [0.29, 0.717) is 11.5 Å². The second-order valence-electron chi connectivity index (χ2n) is 4.90. The zero-order valence-electron chi connectivity index (χ0n) is 12.1. The van der Waals surface area contributed by atoms with Crippen molar-refractivity contribution in [3.05, 3.63) is 29.3 Å². The Labute approximate surface area is 128 Å². The highest BCUT2D eigenvalue weighted by atomic mass is 35.5. The molecule has 0 atom stereocenters. The molecule has 4 N–H and O–H groups in total. The Morgan fingerprint density at radius 3 is 2.29 bits per heavy atom. The number of nitrogens with zero attached hydrogens (tertiary/aromatic N) is 4. The van der Waals surface area contributed by atoms with Gasteiger partial charge in [0.25, 0.3) is 0 Å². The SMILES string of the molecule is Cc1cccc(C)c1-c1nc(N)nc2c1c(N)nn2C.Cl. The third-order valence-electron chi connectivity index (χ3n) is 3.45. The van der Waals surface area contributed by atoms with E-state index in [-0.39, 0.29) is 18.4 Å². The molecular formula is C14H17ClN6. The molecule has 0 fully saturated rings. The van der Waals surface area contributed by atoms with Gasteiger partial charge >= 0.3 is 0 Å². The van der Waals surface area contributed by atoms with Gasteiger partial charge in [-0.2, -0.15) is 10.1 Å². The summed E-state index contributed by atoms with van der Waals surface area (Å²) in [6.45, 7) is 4.08. The zero-order valence-corrected chi connectivity index (χ0v) is 12.9. The number of anilines is 2. The van der Waals surface area contributed by atoms with Crippen LogP contribution >= 0.6 is 12.4 Å². The Kier molecular flexibility index (Phi) is 3.74. The smallest absolute Gasteiger partial charge is 0.222 e. The van der Waals surface area contributed by atoms with Crippen LogP contribution in [0.5, 0.6) is 0 Å². The highest BCUT2D eigenvalue weighted by Crippen LogP contribution is 2.34.